The number of benzene rings is 11. The highest BCUT2D eigenvalue weighted by atomic mass is 15.1. The Kier molecular flexibility index (Phi) is 8.62. The van der Waals surface area contributed by atoms with Crippen LogP contribution in [0.2, 0.25) is 0 Å². The Morgan fingerprint density at radius 3 is 1.07 bits per heavy atom. The van der Waals surface area contributed by atoms with Gasteiger partial charge in [-0.05, 0) is 154 Å². The molecule has 11 aromatic carbocycles. The lowest BCUT2D eigenvalue weighted by atomic mass is 9.67. The summed E-state index contributed by atoms with van der Waals surface area (Å²) in [5.41, 5.74) is 28.5. The summed E-state index contributed by atoms with van der Waals surface area (Å²) in [5, 5.41) is 0. The van der Waals surface area contributed by atoms with E-state index in [1.807, 2.05) is 0 Å². The molecular weight excluding hydrogens is 867 g/mol. The lowest BCUT2D eigenvalue weighted by Crippen LogP contribution is -2.28. The van der Waals surface area contributed by atoms with Gasteiger partial charge < -0.3 is 4.90 Å². The van der Waals surface area contributed by atoms with E-state index in [1.54, 1.807) is 0 Å². The first kappa shape index (κ1) is 41.0. The number of rotatable bonds is 6. The van der Waals surface area contributed by atoms with Crippen molar-refractivity contribution in [2.75, 3.05) is 4.90 Å². The van der Waals surface area contributed by atoms with Crippen molar-refractivity contribution in [1.29, 1.82) is 0 Å². The predicted molar refractivity (Wildman–Crippen MR) is 298 cm³/mol. The van der Waals surface area contributed by atoms with Gasteiger partial charge in [0.2, 0.25) is 0 Å². The molecule has 0 amide bonds. The van der Waals surface area contributed by atoms with Crippen LogP contribution in [-0.4, -0.2) is 0 Å². The van der Waals surface area contributed by atoms with Gasteiger partial charge in [-0.25, -0.2) is 0 Å². The number of hydrogen-bond donors (Lipinski definition) is 0. The van der Waals surface area contributed by atoms with E-state index in [0.29, 0.717) is 0 Å². The van der Waals surface area contributed by atoms with E-state index in [9.17, 15) is 0 Å². The first-order valence-electron chi connectivity index (χ1n) is 25.4. The van der Waals surface area contributed by atoms with E-state index in [0.717, 1.165) is 17.1 Å². The van der Waals surface area contributed by atoms with E-state index in [-0.39, 0.29) is 5.41 Å². The summed E-state index contributed by atoms with van der Waals surface area (Å²) in [4.78, 5) is 2.50. The Morgan fingerprint density at radius 2 is 0.569 bits per heavy atom. The van der Waals surface area contributed by atoms with Crippen molar-refractivity contribution in [2.45, 2.75) is 30.1 Å². The van der Waals surface area contributed by atoms with Gasteiger partial charge in [0.05, 0.1) is 10.8 Å². The Morgan fingerprint density at radius 1 is 0.236 bits per heavy atom. The summed E-state index contributed by atoms with van der Waals surface area (Å²) in [6, 6.07) is 98.4. The Bertz CT molecular complexity index is 3910. The third-order valence-electron chi connectivity index (χ3n) is 17.0. The van der Waals surface area contributed by atoms with E-state index < -0.39 is 10.8 Å². The molecule has 72 heavy (non-hydrogen) atoms. The molecule has 0 atom stereocenters. The molecule has 0 bridgehead atoms. The molecule has 0 heterocycles. The van der Waals surface area contributed by atoms with Crippen LogP contribution in [0.3, 0.4) is 0 Å². The van der Waals surface area contributed by atoms with Crippen molar-refractivity contribution in [3.8, 4) is 55.6 Å². The van der Waals surface area contributed by atoms with Gasteiger partial charge in [-0.2, -0.15) is 0 Å². The fourth-order valence-corrected chi connectivity index (χ4v) is 13.9. The maximum atomic E-state index is 2.51. The van der Waals surface area contributed by atoms with Gasteiger partial charge in [-0.15, -0.1) is 0 Å². The van der Waals surface area contributed by atoms with Crippen molar-refractivity contribution in [3.05, 3.63) is 316 Å². The summed E-state index contributed by atoms with van der Waals surface area (Å²) in [6.07, 6.45) is 0. The quantitative estimate of drug-likeness (QED) is 0.161. The average Bonchev–Trinajstić information content (AvgIpc) is 4.11. The zero-order valence-electron chi connectivity index (χ0n) is 40.3. The monoisotopic (exact) mass is 915 g/mol. The number of nitrogens with zero attached hydrogens (tertiary/aromatic N) is 1. The van der Waals surface area contributed by atoms with Crippen molar-refractivity contribution in [2.24, 2.45) is 0 Å². The molecule has 0 radical (unpaired) electrons. The molecule has 0 saturated carbocycles. The first-order valence-corrected chi connectivity index (χ1v) is 25.4. The summed E-state index contributed by atoms with van der Waals surface area (Å²) >= 11 is 0. The third-order valence-corrected chi connectivity index (χ3v) is 17.0. The van der Waals surface area contributed by atoms with Crippen LogP contribution in [0.25, 0.3) is 55.6 Å². The van der Waals surface area contributed by atoms with Gasteiger partial charge >= 0.3 is 0 Å². The zero-order chi connectivity index (χ0) is 47.8. The van der Waals surface area contributed by atoms with Gasteiger partial charge in [0.1, 0.15) is 0 Å². The second-order valence-corrected chi connectivity index (χ2v) is 20.7. The Labute approximate surface area is 422 Å². The highest BCUT2D eigenvalue weighted by molar-refractivity contribution is 5.97. The van der Waals surface area contributed by atoms with Crippen LogP contribution >= 0.6 is 0 Å². The van der Waals surface area contributed by atoms with Crippen LogP contribution in [0.15, 0.2) is 261 Å². The van der Waals surface area contributed by atoms with Gasteiger partial charge in [0, 0.05) is 22.5 Å². The zero-order valence-corrected chi connectivity index (χ0v) is 40.3. The normalized spacial score (nSPS) is 14.9. The molecule has 338 valence electrons. The fourth-order valence-electron chi connectivity index (χ4n) is 13.9. The minimum absolute atomic E-state index is 0.152. The molecule has 4 aliphatic carbocycles. The minimum atomic E-state index is -0.465. The minimum Gasteiger partial charge on any atom is -0.310 e. The van der Waals surface area contributed by atoms with Crippen molar-refractivity contribution in [1.82, 2.24) is 0 Å². The summed E-state index contributed by atoms with van der Waals surface area (Å²) in [6.45, 7) is 4.76. The lowest BCUT2D eigenvalue weighted by molar-refractivity contribution is 0.660. The van der Waals surface area contributed by atoms with Crippen LogP contribution in [-0.2, 0) is 16.2 Å². The number of hydrogen-bond acceptors (Lipinski definition) is 1. The van der Waals surface area contributed by atoms with Crippen molar-refractivity contribution < 1.29 is 0 Å². The lowest BCUT2D eigenvalue weighted by Gasteiger charge is -2.34. The molecule has 0 unspecified atom stereocenters. The van der Waals surface area contributed by atoms with Gasteiger partial charge in [0.25, 0.3) is 0 Å². The average molecular weight is 916 g/mol. The summed E-state index contributed by atoms with van der Waals surface area (Å²) < 4.78 is 0. The van der Waals surface area contributed by atoms with E-state index in [2.05, 4.69) is 280 Å². The highest BCUT2D eigenvalue weighted by Crippen LogP contribution is 2.64. The molecular formula is C71H49N. The molecule has 1 nitrogen and oxygen atoms in total. The maximum Gasteiger partial charge on any atom is 0.0726 e. The molecule has 0 saturated heterocycles. The molecule has 0 aromatic heterocycles. The van der Waals surface area contributed by atoms with E-state index in [1.165, 1.54) is 111 Å². The molecule has 0 fully saturated rings. The van der Waals surface area contributed by atoms with Crippen LogP contribution in [0.1, 0.15) is 69.5 Å². The fraction of sp³-hybridized carbons (Fsp3) is 0.0704. The van der Waals surface area contributed by atoms with Crippen molar-refractivity contribution in [3.63, 3.8) is 0 Å². The Balaban J connectivity index is 0.916. The smallest absolute Gasteiger partial charge is 0.0726 e. The number of fused-ring (bicyclic) bond motifs is 16. The Hall–Kier alpha value is -8.78. The van der Waals surface area contributed by atoms with Gasteiger partial charge in [-0.1, -0.05) is 232 Å². The third kappa shape index (κ3) is 5.38. The van der Waals surface area contributed by atoms with E-state index in [4.69, 9.17) is 0 Å². The predicted octanol–water partition coefficient (Wildman–Crippen LogP) is 17.8. The number of anilines is 3. The van der Waals surface area contributed by atoms with Crippen LogP contribution < -0.4 is 4.90 Å². The molecule has 15 rings (SSSR count). The molecule has 0 N–H and O–H groups in total. The molecule has 1 spiro atoms. The van der Waals surface area contributed by atoms with Crippen LogP contribution in [0.4, 0.5) is 17.1 Å². The van der Waals surface area contributed by atoms with Crippen LogP contribution in [0, 0.1) is 0 Å². The topological polar surface area (TPSA) is 3.24 Å². The summed E-state index contributed by atoms with van der Waals surface area (Å²) in [5.74, 6) is 0. The summed E-state index contributed by atoms with van der Waals surface area (Å²) in [7, 11) is 0. The molecule has 11 aromatic rings. The first-order chi connectivity index (χ1) is 35.5. The van der Waals surface area contributed by atoms with Crippen molar-refractivity contribution >= 4 is 17.1 Å². The van der Waals surface area contributed by atoms with Crippen LogP contribution in [0.5, 0.6) is 0 Å². The SMILES string of the molecule is CC1(C)c2ccccc2-c2ccc(N(c3ccc(-c4ccc5c(c4)C(c4ccccc4)(c4ccccc4)c4ccccc4-5)cc3)c3ccc4c(c3)C3(c5ccccc5-c5ccccc53)c3ccccc3-4)cc21. The second-order valence-electron chi connectivity index (χ2n) is 20.7. The van der Waals surface area contributed by atoms with Gasteiger partial charge in [0.15, 0.2) is 0 Å². The standard InChI is InChI=1S/C71H49N/c1-69(2)61-28-14-9-23-53(61)58-41-38-51(44-66(58)69)72(52-39-42-60-57-27-13-18-32-65(57)71(68(60)45-52)63-30-16-11-24-54(63)55-25-12-17-31-64(55)71)50-36-33-46(34-37-50)47-35-40-59-56-26-10-15-29-62(56)70(67(59)43-47,48-19-5-3-6-20-48)49-21-7-4-8-22-49/h3-45H,1-2H3. The highest BCUT2D eigenvalue weighted by Gasteiger charge is 2.52. The second kappa shape index (κ2) is 15.1. The molecule has 4 aliphatic rings. The van der Waals surface area contributed by atoms with Gasteiger partial charge in [-0.3, -0.25) is 0 Å². The largest absolute Gasteiger partial charge is 0.310 e. The molecule has 0 aliphatic heterocycles. The maximum absolute atomic E-state index is 2.51. The van der Waals surface area contributed by atoms with E-state index >= 15 is 0 Å². The molecule has 1 heteroatoms.